The number of carbonyl (C=O) groups excluding carboxylic acids is 1. The molecule has 27 heavy (non-hydrogen) atoms. The molecule has 144 valence electrons. The third-order valence-electron chi connectivity index (χ3n) is 4.25. The van der Waals surface area contributed by atoms with Gasteiger partial charge in [0.2, 0.25) is 5.91 Å². The molecule has 1 aromatic heterocycles. The highest BCUT2D eigenvalue weighted by atomic mass is 19.1. The van der Waals surface area contributed by atoms with E-state index in [0.717, 1.165) is 5.56 Å². The highest BCUT2D eigenvalue weighted by molar-refractivity contribution is 5.87. The average molecular weight is 372 g/mol. The molecule has 0 aliphatic carbocycles. The summed E-state index contributed by atoms with van der Waals surface area (Å²) in [5.41, 5.74) is 13.5. The van der Waals surface area contributed by atoms with Crippen LogP contribution in [0.25, 0.3) is 11.8 Å². The van der Waals surface area contributed by atoms with E-state index in [2.05, 4.69) is 11.6 Å². The van der Waals surface area contributed by atoms with Crippen LogP contribution in [-0.2, 0) is 4.79 Å². The standard InChI is InChI=1S/C12H13N3O.C8H12FNO/c13-10(7-8-5-6-15-12(8)14)9-3-1-2-4-11(9)16;1-2-8(11)10-5-3-7(9)4-6-10/h1-7,15-16H,13-14H2;2,7H,1,3-6H2/b10-7-;. The number of hydrogen-bond donors (Lipinski definition) is 4. The molecule has 0 unspecified atom stereocenters. The third-order valence-corrected chi connectivity index (χ3v) is 4.25. The number of aromatic nitrogens is 1. The quantitative estimate of drug-likeness (QED) is 0.621. The van der Waals surface area contributed by atoms with E-state index >= 15 is 0 Å². The number of nitrogens with two attached hydrogens (primary N) is 2. The van der Waals surface area contributed by atoms with Crippen LogP contribution in [0.1, 0.15) is 24.0 Å². The first kappa shape index (κ1) is 20.1. The maximum atomic E-state index is 12.6. The van der Waals surface area contributed by atoms with E-state index in [0.29, 0.717) is 43.0 Å². The molecule has 1 fully saturated rings. The van der Waals surface area contributed by atoms with Crippen LogP contribution in [-0.4, -0.2) is 40.2 Å². The molecule has 0 radical (unpaired) electrons. The number of nitrogen functional groups attached to an aromatic ring is 1. The molecule has 1 aliphatic rings. The van der Waals surface area contributed by atoms with Gasteiger partial charge in [-0.15, -0.1) is 0 Å². The lowest BCUT2D eigenvalue weighted by atomic mass is 10.1. The largest absolute Gasteiger partial charge is 0.507 e. The molecular weight excluding hydrogens is 347 g/mol. The molecule has 1 aliphatic heterocycles. The molecule has 1 aromatic carbocycles. The van der Waals surface area contributed by atoms with Gasteiger partial charge >= 0.3 is 0 Å². The van der Waals surface area contributed by atoms with E-state index in [1.54, 1.807) is 35.4 Å². The van der Waals surface area contributed by atoms with Gasteiger partial charge in [0.25, 0.3) is 0 Å². The number of likely N-dealkylation sites (tertiary alicyclic amines) is 1. The van der Waals surface area contributed by atoms with Gasteiger partial charge < -0.3 is 26.5 Å². The van der Waals surface area contributed by atoms with Crippen LogP contribution in [0.2, 0.25) is 0 Å². The van der Waals surface area contributed by atoms with E-state index in [9.17, 15) is 14.3 Å². The van der Waals surface area contributed by atoms with Gasteiger partial charge in [-0.3, -0.25) is 4.79 Å². The SMILES string of the molecule is C=CC(=O)N1CCC(F)CC1.N/C(=C\c1cc[nH]c1N)c1ccccc1O. The number of phenols is 1. The van der Waals surface area contributed by atoms with Crippen molar-refractivity contribution in [2.75, 3.05) is 18.8 Å². The normalized spacial score (nSPS) is 15.0. The topological polar surface area (TPSA) is 108 Å². The van der Waals surface area contributed by atoms with Gasteiger partial charge in [0.1, 0.15) is 17.7 Å². The van der Waals surface area contributed by atoms with Crippen molar-refractivity contribution in [3.05, 3.63) is 60.3 Å². The Kier molecular flexibility index (Phi) is 7.05. The van der Waals surface area contributed by atoms with Crippen molar-refractivity contribution in [2.45, 2.75) is 19.0 Å². The van der Waals surface area contributed by atoms with Crippen LogP contribution in [0.5, 0.6) is 5.75 Å². The van der Waals surface area contributed by atoms with E-state index in [1.807, 2.05) is 12.1 Å². The lowest BCUT2D eigenvalue weighted by Crippen LogP contribution is -2.37. The minimum absolute atomic E-state index is 0.0862. The molecule has 0 spiro atoms. The first-order valence-electron chi connectivity index (χ1n) is 8.66. The van der Waals surface area contributed by atoms with Crippen molar-refractivity contribution in [2.24, 2.45) is 5.73 Å². The van der Waals surface area contributed by atoms with Crippen LogP contribution in [0.15, 0.2) is 49.2 Å². The lowest BCUT2D eigenvalue weighted by molar-refractivity contribution is -0.127. The summed E-state index contributed by atoms with van der Waals surface area (Å²) < 4.78 is 12.6. The Bertz CT molecular complexity index is 808. The Hall–Kier alpha value is -3.22. The zero-order valence-corrected chi connectivity index (χ0v) is 15.1. The molecule has 0 bridgehead atoms. The molecule has 1 saturated heterocycles. The van der Waals surface area contributed by atoms with Gasteiger partial charge in [-0.25, -0.2) is 4.39 Å². The molecule has 6 nitrogen and oxygen atoms in total. The fourth-order valence-electron chi connectivity index (χ4n) is 2.68. The van der Waals surface area contributed by atoms with Gasteiger partial charge in [0, 0.05) is 36.1 Å². The Labute approximate surface area is 158 Å². The number of alkyl halides is 1. The number of halogens is 1. The maximum Gasteiger partial charge on any atom is 0.245 e. The van der Waals surface area contributed by atoms with Crippen molar-refractivity contribution in [3.8, 4) is 5.75 Å². The summed E-state index contributed by atoms with van der Waals surface area (Å²) in [7, 11) is 0. The van der Waals surface area contributed by atoms with E-state index in [4.69, 9.17) is 11.5 Å². The number of aromatic amines is 1. The van der Waals surface area contributed by atoms with E-state index in [1.165, 1.54) is 6.08 Å². The summed E-state index contributed by atoms with van der Waals surface area (Å²) >= 11 is 0. The number of aromatic hydroxyl groups is 1. The molecule has 3 rings (SSSR count). The van der Waals surface area contributed by atoms with E-state index < -0.39 is 6.17 Å². The van der Waals surface area contributed by atoms with Gasteiger partial charge in [0.05, 0.1) is 0 Å². The fourth-order valence-corrected chi connectivity index (χ4v) is 2.68. The van der Waals surface area contributed by atoms with Gasteiger partial charge in [0.15, 0.2) is 0 Å². The second-order valence-corrected chi connectivity index (χ2v) is 6.17. The summed E-state index contributed by atoms with van der Waals surface area (Å²) in [4.78, 5) is 15.4. The number of carbonyl (C=O) groups is 1. The third kappa shape index (κ3) is 5.64. The van der Waals surface area contributed by atoms with Crippen molar-refractivity contribution in [1.82, 2.24) is 9.88 Å². The van der Waals surface area contributed by atoms with Crippen LogP contribution in [0.3, 0.4) is 0 Å². The number of benzene rings is 1. The molecule has 7 heteroatoms. The predicted octanol–water partition coefficient (Wildman–Crippen LogP) is 2.89. The molecule has 0 saturated carbocycles. The highest BCUT2D eigenvalue weighted by Crippen LogP contribution is 2.24. The first-order valence-corrected chi connectivity index (χ1v) is 8.66. The number of anilines is 1. The number of rotatable bonds is 3. The lowest BCUT2D eigenvalue weighted by Gasteiger charge is -2.27. The Morgan fingerprint density at radius 3 is 2.52 bits per heavy atom. The van der Waals surface area contributed by atoms with Crippen LogP contribution in [0, 0.1) is 0 Å². The van der Waals surface area contributed by atoms with Crippen LogP contribution < -0.4 is 11.5 Å². The minimum atomic E-state index is -0.719. The van der Waals surface area contributed by atoms with Crippen LogP contribution >= 0.6 is 0 Å². The van der Waals surface area contributed by atoms with Crippen molar-refractivity contribution < 1.29 is 14.3 Å². The maximum absolute atomic E-state index is 12.6. The number of hydrogen-bond acceptors (Lipinski definition) is 4. The molecular formula is C20H25FN4O2. The molecule has 1 amide bonds. The number of nitrogens with zero attached hydrogens (tertiary/aromatic N) is 1. The predicted molar refractivity (Wildman–Crippen MR) is 106 cm³/mol. The highest BCUT2D eigenvalue weighted by Gasteiger charge is 2.20. The first-order chi connectivity index (χ1) is 12.9. The van der Waals surface area contributed by atoms with Crippen LogP contribution in [0.4, 0.5) is 10.2 Å². The summed E-state index contributed by atoms with van der Waals surface area (Å²) in [6.45, 7) is 4.44. The average Bonchev–Trinajstić information content (AvgIpc) is 3.07. The number of para-hydroxylation sites is 1. The summed E-state index contributed by atoms with van der Waals surface area (Å²) in [6.07, 6.45) is 4.96. The van der Waals surface area contributed by atoms with Crippen molar-refractivity contribution in [3.63, 3.8) is 0 Å². The second kappa shape index (κ2) is 9.47. The monoisotopic (exact) mass is 372 g/mol. The van der Waals surface area contributed by atoms with E-state index in [-0.39, 0.29) is 11.7 Å². The summed E-state index contributed by atoms with van der Waals surface area (Å²) in [6, 6.07) is 8.73. The molecule has 0 atom stereocenters. The Morgan fingerprint density at radius 2 is 1.96 bits per heavy atom. The zero-order chi connectivity index (χ0) is 19.8. The number of H-pyrrole nitrogens is 1. The smallest absolute Gasteiger partial charge is 0.245 e. The van der Waals surface area contributed by atoms with Crippen molar-refractivity contribution in [1.29, 1.82) is 0 Å². The zero-order valence-electron chi connectivity index (χ0n) is 15.1. The summed E-state index contributed by atoms with van der Waals surface area (Å²) in [5.74, 6) is 0.626. The molecule has 2 aromatic rings. The van der Waals surface area contributed by atoms with Crippen molar-refractivity contribution >= 4 is 23.5 Å². The van der Waals surface area contributed by atoms with Gasteiger partial charge in [-0.1, -0.05) is 18.7 Å². The Balaban J connectivity index is 0.000000208. The number of phenolic OH excluding ortho intramolecular Hbond substituents is 1. The number of piperidine rings is 1. The van der Waals surface area contributed by atoms with Gasteiger partial charge in [-0.05, 0) is 43.2 Å². The van der Waals surface area contributed by atoms with Gasteiger partial charge in [-0.2, -0.15) is 0 Å². The second-order valence-electron chi connectivity index (χ2n) is 6.17. The minimum Gasteiger partial charge on any atom is -0.507 e. The fraction of sp³-hybridized carbons (Fsp3) is 0.250. The molecule has 2 heterocycles. The Morgan fingerprint density at radius 1 is 1.30 bits per heavy atom. The summed E-state index contributed by atoms with van der Waals surface area (Å²) in [5, 5.41) is 9.62. The number of amides is 1. The molecule has 6 N–H and O–H groups in total. The number of nitrogens with one attached hydrogen (secondary N) is 1.